The first kappa shape index (κ1) is 21.4. The molecule has 1 aliphatic heterocycles. The number of aromatic nitrogens is 1. The number of nitro benzene ring substituents is 1. The highest BCUT2D eigenvalue weighted by Crippen LogP contribution is 2.40. The molecule has 0 saturated carbocycles. The summed E-state index contributed by atoms with van der Waals surface area (Å²) in [6.07, 6.45) is 1.70. The smallest absolute Gasteiger partial charge is 0.298 e. The predicted molar refractivity (Wildman–Crippen MR) is 123 cm³/mol. The third-order valence-electron chi connectivity index (χ3n) is 5.20. The van der Waals surface area contributed by atoms with Gasteiger partial charge in [-0.2, -0.15) is 0 Å². The fourth-order valence-corrected chi connectivity index (χ4v) is 4.51. The van der Waals surface area contributed by atoms with Gasteiger partial charge < -0.3 is 9.30 Å². The van der Waals surface area contributed by atoms with Crippen LogP contribution in [-0.2, 0) is 4.79 Å². The largest absolute Gasteiger partial charge is 0.495 e. The number of aryl methyl sites for hydroxylation is 1. The number of benzene rings is 2. The summed E-state index contributed by atoms with van der Waals surface area (Å²) in [4.78, 5) is 37.6. The van der Waals surface area contributed by atoms with E-state index in [2.05, 4.69) is 0 Å². The Morgan fingerprint density at radius 1 is 1.06 bits per heavy atom. The highest BCUT2D eigenvalue weighted by atomic mass is 32.2. The lowest BCUT2D eigenvalue weighted by atomic mass is 10.2. The van der Waals surface area contributed by atoms with Gasteiger partial charge in [-0.05, 0) is 67.6 Å². The van der Waals surface area contributed by atoms with E-state index >= 15 is 0 Å². The maximum absolute atomic E-state index is 13.1. The van der Waals surface area contributed by atoms with E-state index in [1.54, 1.807) is 42.5 Å². The molecule has 162 valence electrons. The van der Waals surface area contributed by atoms with Crippen molar-refractivity contribution in [1.82, 2.24) is 4.57 Å². The molecular formula is C23H19N3O5S. The molecule has 2 heterocycles. The minimum absolute atomic E-state index is 0.0152. The van der Waals surface area contributed by atoms with Crippen LogP contribution in [0, 0.1) is 24.0 Å². The van der Waals surface area contributed by atoms with Crippen LogP contribution in [0.2, 0.25) is 0 Å². The average molecular weight is 449 g/mol. The van der Waals surface area contributed by atoms with E-state index in [1.165, 1.54) is 19.2 Å². The summed E-state index contributed by atoms with van der Waals surface area (Å²) in [7, 11) is 1.49. The standard InChI is InChI=1S/C23H19N3O5S/c1-14-12-16(15(2)24(14)17-8-10-18(11-9-17)26(29)30)13-21-22(27)25(23(28)32-21)19-6-4-5-7-20(19)31-3/h4-13H,1-3H3. The highest BCUT2D eigenvalue weighted by molar-refractivity contribution is 8.19. The first-order chi connectivity index (χ1) is 15.3. The Bertz CT molecular complexity index is 1280. The molecule has 2 aromatic carbocycles. The third kappa shape index (κ3) is 3.67. The molecule has 0 N–H and O–H groups in total. The lowest BCUT2D eigenvalue weighted by Gasteiger charge is -2.15. The normalized spacial score (nSPS) is 15.0. The molecule has 1 aromatic heterocycles. The zero-order valence-corrected chi connectivity index (χ0v) is 18.4. The van der Waals surface area contributed by atoms with Crippen molar-refractivity contribution in [1.29, 1.82) is 0 Å². The van der Waals surface area contributed by atoms with Crippen molar-refractivity contribution in [2.24, 2.45) is 0 Å². The van der Waals surface area contributed by atoms with E-state index in [1.807, 2.05) is 24.5 Å². The number of amides is 2. The molecule has 0 spiro atoms. The van der Waals surface area contributed by atoms with Crippen molar-refractivity contribution in [3.8, 4) is 11.4 Å². The van der Waals surface area contributed by atoms with Crippen LogP contribution in [0.4, 0.5) is 16.2 Å². The van der Waals surface area contributed by atoms with Gasteiger partial charge in [-0.1, -0.05) is 12.1 Å². The van der Waals surface area contributed by atoms with Gasteiger partial charge in [0, 0.05) is 29.2 Å². The van der Waals surface area contributed by atoms with Crippen LogP contribution in [-0.4, -0.2) is 27.7 Å². The minimum atomic E-state index is -0.442. The summed E-state index contributed by atoms with van der Waals surface area (Å²) >= 11 is 0.874. The highest BCUT2D eigenvalue weighted by Gasteiger charge is 2.37. The molecule has 2 amide bonds. The molecule has 8 nitrogen and oxygen atoms in total. The number of methoxy groups -OCH3 is 1. The Labute approximate surface area is 188 Å². The molecule has 0 atom stereocenters. The monoisotopic (exact) mass is 449 g/mol. The summed E-state index contributed by atoms with van der Waals surface area (Å²) < 4.78 is 7.24. The number of carbonyl (C=O) groups excluding carboxylic acids is 2. The van der Waals surface area contributed by atoms with E-state index in [0.29, 0.717) is 16.3 Å². The van der Waals surface area contributed by atoms with Gasteiger partial charge in [0.2, 0.25) is 0 Å². The summed E-state index contributed by atoms with van der Waals surface area (Å²) in [6, 6.07) is 15.0. The number of hydrogen-bond donors (Lipinski definition) is 0. The first-order valence-corrected chi connectivity index (χ1v) is 10.5. The lowest BCUT2D eigenvalue weighted by molar-refractivity contribution is -0.384. The Morgan fingerprint density at radius 2 is 1.75 bits per heavy atom. The van der Waals surface area contributed by atoms with Crippen molar-refractivity contribution in [3.63, 3.8) is 0 Å². The van der Waals surface area contributed by atoms with Gasteiger partial charge in [0.25, 0.3) is 16.8 Å². The maximum atomic E-state index is 13.1. The topological polar surface area (TPSA) is 94.7 Å². The predicted octanol–water partition coefficient (Wildman–Crippen LogP) is 5.25. The molecule has 4 rings (SSSR count). The quantitative estimate of drug-likeness (QED) is 0.300. The van der Waals surface area contributed by atoms with Gasteiger partial charge in [-0.25, -0.2) is 4.90 Å². The van der Waals surface area contributed by atoms with Crippen LogP contribution in [0.5, 0.6) is 5.75 Å². The molecule has 32 heavy (non-hydrogen) atoms. The third-order valence-corrected chi connectivity index (χ3v) is 6.06. The number of ether oxygens (including phenoxy) is 1. The number of thioether (sulfide) groups is 1. The van der Waals surface area contributed by atoms with Crippen molar-refractivity contribution < 1.29 is 19.2 Å². The summed E-state index contributed by atoms with van der Waals surface area (Å²) in [5.74, 6) is 0.0250. The molecule has 3 aromatic rings. The number of para-hydroxylation sites is 2. The van der Waals surface area contributed by atoms with E-state index in [0.717, 1.165) is 39.3 Å². The number of nitro groups is 1. The fraction of sp³-hybridized carbons (Fsp3) is 0.130. The van der Waals surface area contributed by atoms with Crippen LogP contribution >= 0.6 is 11.8 Å². The molecular weight excluding hydrogens is 430 g/mol. The Hall–Kier alpha value is -3.85. The Balaban J connectivity index is 1.69. The first-order valence-electron chi connectivity index (χ1n) is 9.66. The van der Waals surface area contributed by atoms with E-state index in [4.69, 9.17) is 4.74 Å². The number of carbonyl (C=O) groups is 2. The minimum Gasteiger partial charge on any atom is -0.495 e. The molecule has 9 heteroatoms. The summed E-state index contributed by atoms with van der Waals surface area (Å²) in [5, 5.41) is 10.5. The molecule has 0 bridgehead atoms. The Kier molecular flexibility index (Phi) is 5.58. The SMILES string of the molecule is COc1ccccc1N1C(=O)SC(=Cc2cc(C)n(-c3ccc([N+](=O)[O-])cc3)c2C)C1=O. The number of rotatable bonds is 5. The van der Waals surface area contributed by atoms with Gasteiger partial charge in [-0.3, -0.25) is 19.7 Å². The second kappa shape index (κ2) is 8.35. The summed E-state index contributed by atoms with van der Waals surface area (Å²) in [6.45, 7) is 3.80. The number of anilines is 1. The summed E-state index contributed by atoms with van der Waals surface area (Å²) in [5.41, 5.74) is 3.71. The molecule has 1 fully saturated rings. The number of hydrogen-bond acceptors (Lipinski definition) is 6. The van der Waals surface area contributed by atoms with E-state index in [-0.39, 0.29) is 5.69 Å². The van der Waals surface area contributed by atoms with Crippen LogP contribution < -0.4 is 9.64 Å². The van der Waals surface area contributed by atoms with Gasteiger partial charge in [-0.15, -0.1) is 0 Å². The van der Waals surface area contributed by atoms with Crippen LogP contribution in [0.25, 0.3) is 11.8 Å². The van der Waals surface area contributed by atoms with Crippen molar-refractivity contribution in [3.05, 3.63) is 86.6 Å². The van der Waals surface area contributed by atoms with Crippen molar-refractivity contribution in [2.75, 3.05) is 12.0 Å². The molecule has 1 saturated heterocycles. The molecule has 1 aliphatic rings. The van der Waals surface area contributed by atoms with Gasteiger partial charge in [0.1, 0.15) is 5.75 Å². The second-order valence-corrected chi connectivity index (χ2v) is 8.12. The van der Waals surface area contributed by atoms with Gasteiger partial charge in [0.15, 0.2) is 0 Å². The number of nitrogens with zero attached hydrogens (tertiary/aromatic N) is 3. The van der Waals surface area contributed by atoms with Crippen molar-refractivity contribution in [2.45, 2.75) is 13.8 Å². The molecule has 0 unspecified atom stereocenters. The molecule has 0 radical (unpaired) electrons. The van der Waals surface area contributed by atoms with Gasteiger partial charge in [0.05, 0.1) is 22.6 Å². The zero-order chi connectivity index (χ0) is 23.0. The van der Waals surface area contributed by atoms with Crippen LogP contribution in [0.15, 0.2) is 59.5 Å². The lowest BCUT2D eigenvalue weighted by Crippen LogP contribution is -2.28. The van der Waals surface area contributed by atoms with E-state index < -0.39 is 16.1 Å². The van der Waals surface area contributed by atoms with E-state index in [9.17, 15) is 19.7 Å². The average Bonchev–Trinajstić information content (AvgIpc) is 3.22. The Morgan fingerprint density at radius 3 is 2.41 bits per heavy atom. The zero-order valence-electron chi connectivity index (χ0n) is 17.6. The van der Waals surface area contributed by atoms with Crippen LogP contribution in [0.1, 0.15) is 17.0 Å². The number of imide groups is 1. The second-order valence-electron chi connectivity index (χ2n) is 7.12. The van der Waals surface area contributed by atoms with Crippen LogP contribution in [0.3, 0.4) is 0 Å². The maximum Gasteiger partial charge on any atom is 0.298 e. The molecule has 0 aliphatic carbocycles. The van der Waals surface area contributed by atoms with Gasteiger partial charge >= 0.3 is 0 Å². The number of non-ortho nitro benzene ring substituents is 1. The fourth-order valence-electron chi connectivity index (χ4n) is 3.69. The van der Waals surface area contributed by atoms with Crippen molar-refractivity contribution >= 4 is 40.4 Å².